The Bertz CT molecular complexity index is 657. The Hall–Kier alpha value is -1.16. The van der Waals surface area contributed by atoms with Gasteiger partial charge in [-0.05, 0) is 12.1 Å². The van der Waals surface area contributed by atoms with Crippen LogP contribution in [0.4, 0.5) is 0 Å². The number of hydrogen-bond acceptors (Lipinski definition) is 5. The van der Waals surface area contributed by atoms with E-state index in [9.17, 15) is 0 Å². The Morgan fingerprint density at radius 1 is 0.760 bits per heavy atom. The number of hydrogen-bond donors (Lipinski definition) is 4. The lowest BCUT2D eigenvalue weighted by Crippen LogP contribution is -2.05. The molecule has 2 aromatic rings. The molecule has 25 heavy (non-hydrogen) atoms. The second-order valence-electron chi connectivity index (χ2n) is 4.62. The van der Waals surface area contributed by atoms with Gasteiger partial charge in [-0.25, -0.2) is 0 Å². The third-order valence-corrected chi connectivity index (χ3v) is 4.46. The molecule has 6 N–H and O–H groups in total. The summed E-state index contributed by atoms with van der Waals surface area (Å²) in [6, 6.07) is 15.4. The Balaban J connectivity index is 0.00000288. The number of benzene rings is 2. The highest BCUT2D eigenvalue weighted by molar-refractivity contribution is 8.93. The van der Waals surface area contributed by atoms with Crippen LogP contribution in [0.2, 0.25) is 0 Å². The molecule has 9 heteroatoms. The summed E-state index contributed by atoms with van der Waals surface area (Å²) in [4.78, 5) is 0. The predicted molar refractivity (Wildman–Crippen MR) is 120 cm³/mol. The molecule has 0 aromatic heterocycles. The maximum Gasteiger partial charge on any atom is 0.151 e. The minimum Gasteiger partial charge on any atom is -0.457 e. The van der Waals surface area contributed by atoms with Gasteiger partial charge in [-0.3, -0.25) is 10.8 Å². The summed E-state index contributed by atoms with van der Waals surface area (Å²) >= 11 is 2.52. The largest absolute Gasteiger partial charge is 0.457 e. The van der Waals surface area contributed by atoms with E-state index < -0.39 is 0 Å². The van der Waals surface area contributed by atoms with Gasteiger partial charge in [0.1, 0.15) is 11.5 Å². The molecule has 0 heterocycles. The molecule has 2 aromatic carbocycles. The third kappa shape index (κ3) is 8.17. The van der Waals surface area contributed by atoms with Crippen LogP contribution in [0.3, 0.4) is 0 Å². The fourth-order valence-corrected chi connectivity index (χ4v) is 2.97. The SMILES string of the molecule is Br.Br.N=C(N)SCc1ccccc1Oc1ccccc1CSC(=N)N. The zero-order valence-corrected chi connectivity index (χ0v) is 18.3. The van der Waals surface area contributed by atoms with Crippen molar-refractivity contribution >= 4 is 67.8 Å². The summed E-state index contributed by atoms with van der Waals surface area (Å²) in [6.45, 7) is 0. The molecular formula is C16H20Br2N4OS2. The molecule has 0 aliphatic carbocycles. The van der Waals surface area contributed by atoms with Crippen molar-refractivity contribution in [2.75, 3.05) is 0 Å². The lowest BCUT2D eigenvalue weighted by Gasteiger charge is -2.13. The molecule has 0 aliphatic rings. The Morgan fingerprint density at radius 2 is 1.12 bits per heavy atom. The van der Waals surface area contributed by atoms with Gasteiger partial charge in [0.25, 0.3) is 0 Å². The molecule has 0 saturated carbocycles. The van der Waals surface area contributed by atoms with E-state index in [2.05, 4.69) is 0 Å². The summed E-state index contributed by atoms with van der Waals surface area (Å²) in [5, 5.41) is 14.8. The lowest BCUT2D eigenvalue weighted by molar-refractivity contribution is 0.474. The number of amidine groups is 2. The first-order valence-corrected chi connectivity index (χ1v) is 8.80. The number of nitrogens with two attached hydrogens (primary N) is 2. The summed E-state index contributed by atoms with van der Waals surface area (Å²) in [6.07, 6.45) is 0. The Kier molecular flexibility index (Phi) is 11.7. The fourth-order valence-electron chi connectivity index (χ4n) is 1.87. The Labute approximate surface area is 176 Å². The zero-order chi connectivity index (χ0) is 16.7. The molecule has 136 valence electrons. The van der Waals surface area contributed by atoms with Crippen molar-refractivity contribution < 1.29 is 4.74 Å². The van der Waals surface area contributed by atoms with Crippen molar-refractivity contribution in [1.82, 2.24) is 0 Å². The zero-order valence-electron chi connectivity index (χ0n) is 13.2. The van der Waals surface area contributed by atoms with Crippen molar-refractivity contribution in [3.05, 3.63) is 59.7 Å². The van der Waals surface area contributed by atoms with Crippen LogP contribution in [-0.2, 0) is 11.5 Å². The Morgan fingerprint density at radius 3 is 1.48 bits per heavy atom. The van der Waals surface area contributed by atoms with Crippen LogP contribution in [0.5, 0.6) is 11.5 Å². The summed E-state index contributed by atoms with van der Waals surface area (Å²) in [5.74, 6) is 2.63. The maximum absolute atomic E-state index is 7.33. The van der Waals surface area contributed by atoms with Gasteiger partial charge in [-0.15, -0.1) is 34.0 Å². The van der Waals surface area contributed by atoms with Crippen LogP contribution < -0.4 is 16.2 Å². The molecule has 0 amide bonds. The monoisotopic (exact) mass is 506 g/mol. The maximum atomic E-state index is 7.33. The highest BCUT2D eigenvalue weighted by atomic mass is 79.9. The van der Waals surface area contributed by atoms with Crippen LogP contribution >= 0.6 is 57.5 Å². The minimum absolute atomic E-state index is 0. The van der Waals surface area contributed by atoms with Gasteiger partial charge in [0, 0.05) is 22.6 Å². The van der Waals surface area contributed by atoms with Crippen LogP contribution in [0.15, 0.2) is 48.5 Å². The van der Waals surface area contributed by atoms with Crippen LogP contribution in [0.25, 0.3) is 0 Å². The molecule has 2 rings (SSSR count). The molecule has 0 radical (unpaired) electrons. The van der Waals surface area contributed by atoms with Gasteiger partial charge in [0.15, 0.2) is 10.3 Å². The molecule has 0 fully saturated rings. The van der Waals surface area contributed by atoms with Crippen molar-refractivity contribution in [2.45, 2.75) is 11.5 Å². The summed E-state index contributed by atoms with van der Waals surface area (Å²) < 4.78 is 6.06. The smallest absolute Gasteiger partial charge is 0.151 e. The van der Waals surface area contributed by atoms with Crippen molar-refractivity contribution in [1.29, 1.82) is 10.8 Å². The standard InChI is InChI=1S/C16H18N4OS2.2BrH/c17-15(18)22-9-11-5-1-3-7-13(11)21-14-8-4-2-6-12(14)10-23-16(19)20;;/h1-8H,9-10H2,(H3,17,18)(H3,19,20);2*1H. The second-order valence-corrected chi connectivity index (χ2v) is 6.66. The quantitative estimate of drug-likeness (QED) is 0.328. The van der Waals surface area contributed by atoms with Crippen molar-refractivity contribution in [2.24, 2.45) is 11.5 Å². The van der Waals surface area contributed by atoms with E-state index in [4.69, 9.17) is 27.0 Å². The van der Waals surface area contributed by atoms with Crippen LogP contribution in [-0.4, -0.2) is 10.3 Å². The fraction of sp³-hybridized carbons (Fsp3) is 0.125. The second kappa shape index (κ2) is 12.2. The van der Waals surface area contributed by atoms with Gasteiger partial charge in [0.2, 0.25) is 0 Å². The van der Waals surface area contributed by atoms with E-state index in [0.717, 1.165) is 22.6 Å². The number of rotatable bonds is 6. The molecule has 0 spiro atoms. The van der Waals surface area contributed by atoms with Crippen LogP contribution in [0.1, 0.15) is 11.1 Å². The van der Waals surface area contributed by atoms with E-state index in [1.807, 2.05) is 48.5 Å². The highest BCUT2D eigenvalue weighted by Gasteiger charge is 2.09. The number of nitrogens with one attached hydrogen (secondary N) is 2. The number of halogens is 2. The average molecular weight is 508 g/mol. The molecule has 0 saturated heterocycles. The van der Waals surface area contributed by atoms with Crippen molar-refractivity contribution in [3.8, 4) is 11.5 Å². The lowest BCUT2D eigenvalue weighted by atomic mass is 10.2. The molecular weight excluding hydrogens is 488 g/mol. The topological polar surface area (TPSA) is 109 Å². The average Bonchev–Trinajstić information content (AvgIpc) is 2.53. The van der Waals surface area contributed by atoms with E-state index >= 15 is 0 Å². The van der Waals surface area contributed by atoms with E-state index in [1.54, 1.807) is 0 Å². The molecule has 0 bridgehead atoms. The van der Waals surface area contributed by atoms with Gasteiger partial charge < -0.3 is 16.2 Å². The number of thioether (sulfide) groups is 2. The van der Waals surface area contributed by atoms with E-state index in [1.165, 1.54) is 23.5 Å². The van der Waals surface area contributed by atoms with Gasteiger partial charge in [-0.2, -0.15) is 0 Å². The normalized spacial score (nSPS) is 9.44. The summed E-state index contributed by atoms with van der Waals surface area (Å²) in [7, 11) is 0. The first kappa shape index (κ1) is 23.8. The predicted octanol–water partition coefficient (Wildman–Crippen LogP) is 4.89. The number of para-hydroxylation sites is 2. The third-order valence-electron chi connectivity index (χ3n) is 2.93. The van der Waals surface area contributed by atoms with Gasteiger partial charge in [0.05, 0.1) is 0 Å². The first-order valence-electron chi connectivity index (χ1n) is 6.83. The summed E-state index contributed by atoms with van der Waals surface area (Å²) in [5.41, 5.74) is 12.8. The van der Waals surface area contributed by atoms with Gasteiger partial charge in [-0.1, -0.05) is 59.9 Å². The van der Waals surface area contributed by atoms with E-state index in [-0.39, 0.29) is 44.3 Å². The van der Waals surface area contributed by atoms with Crippen LogP contribution in [0, 0.1) is 10.8 Å². The molecule has 0 atom stereocenters. The molecule has 0 aliphatic heterocycles. The minimum atomic E-state index is 0. The number of ether oxygens (including phenoxy) is 1. The molecule has 0 unspecified atom stereocenters. The molecule has 5 nitrogen and oxygen atoms in total. The van der Waals surface area contributed by atoms with E-state index in [0.29, 0.717) is 11.5 Å². The van der Waals surface area contributed by atoms with Gasteiger partial charge >= 0.3 is 0 Å². The van der Waals surface area contributed by atoms with Crippen molar-refractivity contribution in [3.63, 3.8) is 0 Å². The first-order chi connectivity index (χ1) is 11.1. The highest BCUT2D eigenvalue weighted by Crippen LogP contribution is 2.31.